The molecular formula is C22H31N3O3. The van der Waals surface area contributed by atoms with Gasteiger partial charge in [0.05, 0.1) is 6.54 Å². The molecule has 1 unspecified atom stereocenters. The SMILES string of the molecule is Cc1cc(OC2CCN(C(=O)NC34CC5CC(CC(C5)C3)C4)C2)cc(=O)n1C. The predicted molar refractivity (Wildman–Crippen MR) is 106 cm³/mol. The molecule has 1 atom stereocenters. The van der Waals surface area contributed by atoms with Crippen molar-refractivity contribution in [3.8, 4) is 5.75 Å². The lowest BCUT2D eigenvalue weighted by Gasteiger charge is -2.57. The molecule has 1 aliphatic heterocycles. The number of likely N-dealkylation sites (tertiary alicyclic amines) is 1. The van der Waals surface area contributed by atoms with Crippen LogP contribution in [0.2, 0.25) is 0 Å². The van der Waals surface area contributed by atoms with Crippen LogP contribution in [0, 0.1) is 24.7 Å². The van der Waals surface area contributed by atoms with Crippen LogP contribution in [0.15, 0.2) is 16.9 Å². The highest BCUT2D eigenvalue weighted by molar-refractivity contribution is 5.75. The number of nitrogens with one attached hydrogen (secondary N) is 1. The first-order valence-electron chi connectivity index (χ1n) is 10.8. The van der Waals surface area contributed by atoms with Gasteiger partial charge in [-0.15, -0.1) is 0 Å². The van der Waals surface area contributed by atoms with Crippen molar-refractivity contribution < 1.29 is 9.53 Å². The van der Waals surface area contributed by atoms with Gasteiger partial charge >= 0.3 is 6.03 Å². The third-order valence-corrected chi connectivity index (χ3v) is 7.62. The Morgan fingerprint density at radius 1 is 1.14 bits per heavy atom. The second kappa shape index (κ2) is 6.53. The predicted octanol–water partition coefficient (Wildman–Crippen LogP) is 2.83. The molecule has 4 bridgehead atoms. The molecule has 28 heavy (non-hydrogen) atoms. The maximum atomic E-state index is 13.0. The number of hydrogen-bond acceptors (Lipinski definition) is 3. The van der Waals surface area contributed by atoms with Gasteiger partial charge in [0.2, 0.25) is 0 Å². The summed E-state index contributed by atoms with van der Waals surface area (Å²) in [6.07, 6.45) is 8.41. The van der Waals surface area contributed by atoms with Crippen LogP contribution in [0.5, 0.6) is 5.75 Å². The van der Waals surface area contributed by atoms with Crippen LogP contribution in [0.1, 0.15) is 50.6 Å². The first kappa shape index (κ1) is 18.1. The van der Waals surface area contributed by atoms with Crippen molar-refractivity contribution in [1.82, 2.24) is 14.8 Å². The second-order valence-electron chi connectivity index (χ2n) is 9.83. The van der Waals surface area contributed by atoms with Crippen LogP contribution in [-0.4, -0.2) is 40.2 Å². The maximum absolute atomic E-state index is 13.0. The number of hydrogen-bond donors (Lipinski definition) is 1. The number of aryl methyl sites for hydroxylation is 1. The Bertz CT molecular complexity index is 811. The average molecular weight is 386 g/mol. The van der Waals surface area contributed by atoms with Crippen molar-refractivity contribution in [2.45, 2.75) is 63.5 Å². The zero-order valence-corrected chi connectivity index (χ0v) is 16.9. The Hall–Kier alpha value is -1.98. The summed E-state index contributed by atoms with van der Waals surface area (Å²) in [6.45, 7) is 3.20. The minimum absolute atomic E-state index is 0.0476. The number of rotatable bonds is 3. The van der Waals surface area contributed by atoms with Gasteiger partial charge in [-0.2, -0.15) is 0 Å². The molecule has 1 N–H and O–H groups in total. The van der Waals surface area contributed by atoms with Crippen molar-refractivity contribution >= 4 is 6.03 Å². The Kier molecular flexibility index (Phi) is 4.21. The lowest BCUT2D eigenvalue weighted by atomic mass is 9.53. The van der Waals surface area contributed by atoms with Gasteiger partial charge in [0.25, 0.3) is 5.56 Å². The number of nitrogens with zero attached hydrogens (tertiary/aromatic N) is 2. The summed E-state index contributed by atoms with van der Waals surface area (Å²) in [5, 5.41) is 3.45. The van der Waals surface area contributed by atoms with E-state index in [2.05, 4.69) is 5.32 Å². The highest BCUT2D eigenvalue weighted by atomic mass is 16.5. The minimum Gasteiger partial charge on any atom is -0.488 e. The Balaban J connectivity index is 1.20. The van der Waals surface area contributed by atoms with Crippen LogP contribution in [0.4, 0.5) is 4.79 Å². The third-order valence-electron chi connectivity index (χ3n) is 7.62. The van der Waals surface area contributed by atoms with Crippen molar-refractivity contribution in [3.63, 3.8) is 0 Å². The molecule has 1 saturated heterocycles. The van der Waals surface area contributed by atoms with Crippen LogP contribution < -0.4 is 15.6 Å². The fraction of sp³-hybridized carbons (Fsp3) is 0.727. The molecule has 5 aliphatic rings. The van der Waals surface area contributed by atoms with E-state index in [1.165, 1.54) is 44.6 Å². The second-order valence-corrected chi connectivity index (χ2v) is 9.83. The summed E-state index contributed by atoms with van der Waals surface area (Å²) in [4.78, 5) is 26.9. The van der Waals surface area contributed by atoms with E-state index in [1.807, 2.05) is 17.9 Å². The van der Waals surface area contributed by atoms with Crippen molar-refractivity contribution in [3.05, 3.63) is 28.2 Å². The molecule has 1 aromatic heterocycles. The van der Waals surface area contributed by atoms with E-state index in [4.69, 9.17) is 4.74 Å². The number of ether oxygens (including phenoxy) is 1. The fourth-order valence-corrected chi connectivity index (χ4v) is 6.58. The smallest absolute Gasteiger partial charge is 0.317 e. The molecule has 0 aromatic carbocycles. The summed E-state index contributed by atoms with van der Waals surface area (Å²) < 4.78 is 7.64. The normalized spacial score (nSPS) is 36.0. The van der Waals surface area contributed by atoms with E-state index >= 15 is 0 Å². The molecule has 6 nitrogen and oxygen atoms in total. The minimum atomic E-state index is -0.0654. The maximum Gasteiger partial charge on any atom is 0.317 e. The van der Waals surface area contributed by atoms with Gasteiger partial charge in [-0.05, 0) is 69.3 Å². The molecule has 1 aromatic rings. The highest BCUT2D eigenvalue weighted by Gasteiger charge is 2.52. The van der Waals surface area contributed by atoms with Gasteiger partial charge in [-0.1, -0.05) is 0 Å². The monoisotopic (exact) mass is 385 g/mol. The summed E-state index contributed by atoms with van der Waals surface area (Å²) in [5.41, 5.74) is 0.856. The van der Waals surface area contributed by atoms with Gasteiger partial charge in [0.15, 0.2) is 0 Å². The van der Waals surface area contributed by atoms with Crippen molar-refractivity contribution in [1.29, 1.82) is 0 Å². The van der Waals surface area contributed by atoms with E-state index in [0.29, 0.717) is 18.8 Å². The molecule has 4 aliphatic carbocycles. The molecule has 6 rings (SSSR count). The number of urea groups is 1. The fourth-order valence-electron chi connectivity index (χ4n) is 6.58. The van der Waals surface area contributed by atoms with Gasteiger partial charge < -0.3 is 19.5 Å². The molecule has 0 radical (unpaired) electrons. The molecular weight excluding hydrogens is 354 g/mol. The molecule has 152 valence electrons. The first-order chi connectivity index (χ1) is 13.4. The Morgan fingerprint density at radius 3 is 2.39 bits per heavy atom. The largest absolute Gasteiger partial charge is 0.488 e. The molecule has 4 saturated carbocycles. The zero-order valence-electron chi connectivity index (χ0n) is 16.9. The van der Waals surface area contributed by atoms with E-state index in [9.17, 15) is 9.59 Å². The van der Waals surface area contributed by atoms with E-state index in [1.54, 1.807) is 11.6 Å². The quantitative estimate of drug-likeness (QED) is 0.870. The first-order valence-corrected chi connectivity index (χ1v) is 10.8. The van der Waals surface area contributed by atoms with Gasteiger partial charge in [-0.25, -0.2) is 4.79 Å². The standard InChI is InChI=1S/C22H31N3O3/c1-14-5-19(9-20(26)24(14)2)28-18-3-4-25(13-18)21(27)23-22-10-15-6-16(11-22)8-17(7-15)12-22/h5,9,15-18H,3-4,6-8,10-13H2,1-2H3,(H,23,27). The number of amides is 2. The van der Waals surface area contributed by atoms with Gasteiger partial charge in [0.1, 0.15) is 11.9 Å². The Labute approximate surface area is 166 Å². The van der Waals surface area contributed by atoms with E-state index in [0.717, 1.165) is 29.9 Å². The van der Waals surface area contributed by atoms with Crippen LogP contribution in [0.3, 0.4) is 0 Å². The molecule has 2 amide bonds. The van der Waals surface area contributed by atoms with Crippen LogP contribution in [-0.2, 0) is 7.05 Å². The van der Waals surface area contributed by atoms with E-state index < -0.39 is 0 Å². The molecule has 5 fully saturated rings. The number of carbonyl (C=O) groups excluding carboxylic acids is 1. The number of aromatic nitrogens is 1. The topological polar surface area (TPSA) is 63.6 Å². The number of pyridine rings is 1. The highest BCUT2D eigenvalue weighted by Crippen LogP contribution is 2.55. The van der Waals surface area contributed by atoms with Crippen LogP contribution >= 0.6 is 0 Å². The van der Waals surface area contributed by atoms with Gasteiger partial charge in [-0.3, -0.25) is 4.79 Å². The number of carbonyl (C=O) groups is 1. The van der Waals surface area contributed by atoms with Crippen LogP contribution in [0.25, 0.3) is 0 Å². The summed E-state index contributed by atoms with van der Waals surface area (Å²) >= 11 is 0. The molecule has 2 heterocycles. The van der Waals surface area contributed by atoms with Crippen molar-refractivity contribution in [2.24, 2.45) is 24.8 Å². The van der Waals surface area contributed by atoms with E-state index in [-0.39, 0.29) is 23.2 Å². The molecule has 6 heteroatoms. The average Bonchev–Trinajstić information content (AvgIpc) is 3.06. The van der Waals surface area contributed by atoms with Crippen molar-refractivity contribution in [2.75, 3.05) is 13.1 Å². The summed E-state index contributed by atoms with van der Waals surface area (Å²) in [7, 11) is 1.76. The Morgan fingerprint density at radius 2 is 1.79 bits per heavy atom. The third kappa shape index (κ3) is 3.20. The summed E-state index contributed by atoms with van der Waals surface area (Å²) in [6, 6.07) is 3.50. The van der Waals surface area contributed by atoms with Gasteiger partial charge in [0, 0.05) is 37.3 Å². The zero-order chi connectivity index (χ0) is 19.5. The molecule has 0 spiro atoms. The lowest BCUT2D eigenvalue weighted by molar-refractivity contribution is -0.0154. The lowest BCUT2D eigenvalue weighted by Crippen LogP contribution is -2.61. The summed E-state index contributed by atoms with van der Waals surface area (Å²) in [5.74, 6) is 3.08.